The van der Waals surface area contributed by atoms with Gasteiger partial charge >= 0.3 is 0 Å². The molecule has 0 aromatic heterocycles. The minimum absolute atomic E-state index is 0.0692. The maximum absolute atomic E-state index is 9.01. The molecule has 0 amide bonds. The Kier molecular flexibility index (Phi) is 5.56. The topological polar surface area (TPSA) is 29.5 Å². The largest absolute Gasteiger partial charge is 0.493 e. The predicted octanol–water partition coefficient (Wildman–Crippen LogP) is 3.63. The fraction of sp³-hybridized carbons (Fsp3) is 0.385. The van der Waals surface area contributed by atoms with Crippen LogP contribution in [0.2, 0.25) is 0 Å². The zero-order valence-corrected chi connectivity index (χ0v) is 11.3. The van der Waals surface area contributed by atoms with E-state index < -0.39 is 0 Å². The SMILES string of the molecule is CCCOc1ccc(Br)cc1C=C(C)CO. The van der Waals surface area contributed by atoms with E-state index in [1.54, 1.807) is 0 Å². The first kappa shape index (κ1) is 13.3. The fourth-order valence-corrected chi connectivity index (χ4v) is 1.67. The quantitative estimate of drug-likeness (QED) is 0.895. The van der Waals surface area contributed by atoms with Crippen LogP contribution in [-0.2, 0) is 0 Å². The standard InChI is InChI=1S/C13H17BrO2/c1-3-6-16-13-5-4-12(14)8-11(13)7-10(2)9-15/h4-5,7-8,15H,3,6,9H2,1-2H3. The third-order valence-electron chi connectivity index (χ3n) is 2.08. The number of halogens is 1. The van der Waals surface area contributed by atoms with Crippen LogP contribution in [0.25, 0.3) is 6.08 Å². The minimum atomic E-state index is 0.0692. The van der Waals surface area contributed by atoms with Crippen molar-refractivity contribution in [1.82, 2.24) is 0 Å². The van der Waals surface area contributed by atoms with Gasteiger partial charge in [-0.1, -0.05) is 28.9 Å². The van der Waals surface area contributed by atoms with Gasteiger partial charge in [0.1, 0.15) is 5.75 Å². The van der Waals surface area contributed by atoms with Crippen LogP contribution in [0, 0.1) is 0 Å². The maximum atomic E-state index is 9.01. The molecule has 0 saturated heterocycles. The Morgan fingerprint density at radius 3 is 2.88 bits per heavy atom. The lowest BCUT2D eigenvalue weighted by Crippen LogP contribution is -1.97. The molecular weight excluding hydrogens is 268 g/mol. The van der Waals surface area contributed by atoms with E-state index in [0.29, 0.717) is 6.61 Å². The Labute approximate surface area is 105 Å². The summed E-state index contributed by atoms with van der Waals surface area (Å²) in [6.45, 7) is 4.75. The second kappa shape index (κ2) is 6.71. The number of rotatable bonds is 5. The van der Waals surface area contributed by atoms with Gasteiger partial charge in [-0.05, 0) is 37.1 Å². The highest BCUT2D eigenvalue weighted by Gasteiger charge is 2.02. The van der Waals surface area contributed by atoms with Crippen molar-refractivity contribution in [1.29, 1.82) is 0 Å². The average Bonchev–Trinajstić information content (AvgIpc) is 2.28. The normalized spacial score (nSPS) is 11.6. The second-order valence-corrected chi connectivity index (χ2v) is 4.60. The molecule has 3 heteroatoms. The molecule has 0 aliphatic carbocycles. The lowest BCUT2D eigenvalue weighted by molar-refractivity contribution is 0.316. The van der Waals surface area contributed by atoms with E-state index in [1.807, 2.05) is 31.2 Å². The molecule has 2 nitrogen and oxygen atoms in total. The summed E-state index contributed by atoms with van der Waals surface area (Å²) in [5.74, 6) is 0.859. The van der Waals surface area contributed by atoms with Crippen molar-refractivity contribution in [3.05, 3.63) is 33.8 Å². The summed E-state index contributed by atoms with van der Waals surface area (Å²) in [5, 5.41) is 9.01. The van der Waals surface area contributed by atoms with Gasteiger partial charge in [0, 0.05) is 10.0 Å². The molecule has 0 spiro atoms. The summed E-state index contributed by atoms with van der Waals surface area (Å²) in [7, 11) is 0. The molecule has 0 atom stereocenters. The van der Waals surface area contributed by atoms with Crippen LogP contribution in [0.3, 0.4) is 0 Å². The van der Waals surface area contributed by atoms with E-state index in [-0.39, 0.29) is 6.61 Å². The monoisotopic (exact) mass is 284 g/mol. The molecule has 0 bridgehead atoms. The molecule has 1 rings (SSSR count). The van der Waals surface area contributed by atoms with Crippen molar-refractivity contribution in [2.45, 2.75) is 20.3 Å². The van der Waals surface area contributed by atoms with E-state index in [4.69, 9.17) is 9.84 Å². The molecule has 0 saturated carbocycles. The van der Waals surface area contributed by atoms with Crippen LogP contribution in [-0.4, -0.2) is 18.3 Å². The Hall–Kier alpha value is -0.800. The van der Waals surface area contributed by atoms with E-state index in [9.17, 15) is 0 Å². The average molecular weight is 285 g/mol. The Morgan fingerprint density at radius 2 is 2.25 bits per heavy atom. The third kappa shape index (κ3) is 3.99. The van der Waals surface area contributed by atoms with Crippen molar-refractivity contribution in [2.24, 2.45) is 0 Å². The van der Waals surface area contributed by atoms with Crippen LogP contribution in [0.5, 0.6) is 5.75 Å². The van der Waals surface area contributed by atoms with Gasteiger partial charge in [0.2, 0.25) is 0 Å². The fourth-order valence-electron chi connectivity index (χ4n) is 1.29. The smallest absolute Gasteiger partial charge is 0.126 e. The molecule has 1 aromatic carbocycles. The van der Waals surface area contributed by atoms with Gasteiger partial charge in [0.25, 0.3) is 0 Å². The van der Waals surface area contributed by atoms with Gasteiger partial charge in [-0.15, -0.1) is 0 Å². The van der Waals surface area contributed by atoms with Crippen molar-refractivity contribution < 1.29 is 9.84 Å². The Balaban J connectivity index is 2.98. The number of aliphatic hydroxyl groups excluding tert-OH is 1. The third-order valence-corrected chi connectivity index (χ3v) is 2.58. The van der Waals surface area contributed by atoms with E-state index in [1.165, 1.54) is 0 Å². The summed E-state index contributed by atoms with van der Waals surface area (Å²) >= 11 is 3.43. The van der Waals surface area contributed by atoms with E-state index in [0.717, 1.165) is 27.8 Å². The molecule has 0 aliphatic heterocycles. The molecule has 1 N–H and O–H groups in total. The van der Waals surface area contributed by atoms with Gasteiger partial charge in [-0.3, -0.25) is 0 Å². The van der Waals surface area contributed by atoms with Gasteiger partial charge < -0.3 is 9.84 Å². The van der Waals surface area contributed by atoms with Gasteiger partial charge in [0.15, 0.2) is 0 Å². The highest BCUT2D eigenvalue weighted by Crippen LogP contribution is 2.25. The van der Waals surface area contributed by atoms with Gasteiger partial charge in [-0.25, -0.2) is 0 Å². The molecule has 0 unspecified atom stereocenters. The predicted molar refractivity (Wildman–Crippen MR) is 70.7 cm³/mol. The molecule has 0 aliphatic rings. The van der Waals surface area contributed by atoms with Crippen LogP contribution in [0.4, 0.5) is 0 Å². The first-order chi connectivity index (χ1) is 7.67. The first-order valence-corrected chi connectivity index (χ1v) is 6.17. The first-order valence-electron chi connectivity index (χ1n) is 5.37. The summed E-state index contributed by atoms with van der Waals surface area (Å²) in [5.41, 5.74) is 1.91. The summed E-state index contributed by atoms with van der Waals surface area (Å²) in [6.07, 6.45) is 2.92. The lowest BCUT2D eigenvalue weighted by atomic mass is 10.1. The summed E-state index contributed by atoms with van der Waals surface area (Å²) in [4.78, 5) is 0. The Morgan fingerprint density at radius 1 is 1.50 bits per heavy atom. The van der Waals surface area contributed by atoms with Gasteiger partial charge in [-0.2, -0.15) is 0 Å². The zero-order chi connectivity index (χ0) is 12.0. The number of aliphatic hydroxyl groups is 1. The molecule has 88 valence electrons. The molecule has 0 heterocycles. The van der Waals surface area contributed by atoms with Gasteiger partial charge in [0.05, 0.1) is 13.2 Å². The van der Waals surface area contributed by atoms with Crippen molar-refractivity contribution in [3.63, 3.8) is 0 Å². The number of benzene rings is 1. The number of hydrogen-bond donors (Lipinski definition) is 1. The highest BCUT2D eigenvalue weighted by molar-refractivity contribution is 9.10. The minimum Gasteiger partial charge on any atom is -0.493 e. The van der Waals surface area contributed by atoms with Crippen molar-refractivity contribution in [3.8, 4) is 5.75 Å². The number of ether oxygens (including phenoxy) is 1. The molecule has 16 heavy (non-hydrogen) atoms. The lowest BCUT2D eigenvalue weighted by Gasteiger charge is -2.09. The molecular formula is C13H17BrO2. The van der Waals surface area contributed by atoms with E-state index >= 15 is 0 Å². The van der Waals surface area contributed by atoms with E-state index in [2.05, 4.69) is 22.9 Å². The van der Waals surface area contributed by atoms with Crippen LogP contribution < -0.4 is 4.74 Å². The Bertz CT molecular complexity index is 372. The maximum Gasteiger partial charge on any atom is 0.126 e. The molecule has 0 fully saturated rings. The highest BCUT2D eigenvalue weighted by atomic mass is 79.9. The molecule has 0 radical (unpaired) electrons. The van der Waals surface area contributed by atoms with Crippen LogP contribution in [0.1, 0.15) is 25.8 Å². The second-order valence-electron chi connectivity index (χ2n) is 3.68. The van der Waals surface area contributed by atoms with Crippen molar-refractivity contribution in [2.75, 3.05) is 13.2 Å². The summed E-state index contributed by atoms with van der Waals surface area (Å²) < 4.78 is 6.65. The van der Waals surface area contributed by atoms with Crippen LogP contribution in [0.15, 0.2) is 28.2 Å². The summed E-state index contributed by atoms with van der Waals surface area (Å²) in [6, 6.07) is 5.89. The molecule has 1 aromatic rings. The van der Waals surface area contributed by atoms with Crippen molar-refractivity contribution >= 4 is 22.0 Å². The number of hydrogen-bond acceptors (Lipinski definition) is 2. The van der Waals surface area contributed by atoms with Crippen LogP contribution >= 0.6 is 15.9 Å². The zero-order valence-electron chi connectivity index (χ0n) is 9.66.